The highest BCUT2D eigenvalue weighted by Gasteiger charge is 2.50. The van der Waals surface area contributed by atoms with Crippen LogP contribution in [0.3, 0.4) is 0 Å². The number of hydrogen-bond acceptors (Lipinski definition) is 4. The van der Waals surface area contributed by atoms with Crippen molar-refractivity contribution in [3.63, 3.8) is 0 Å². The van der Waals surface area contributed by atoms with Gasteiger partial charge in [0.05, 0.1) is 12.1 Å². The predicted octanol–water partition coefficient (Wildman–Crippen LogP) is 2.75. The highest BCUT2D eigenvalue weighted by Crippen LogP contribution is 2.34. The predicted molar refractivity (Wildman–Crippen MR) is 105 cm³/mol. The van der Waals surface area contributed by atoms with Crippen molar-refractivity contribution < 1.29 is 19.4 Å². The third-order valence-electron chi connectivity index (χ3n) is 5.28. The smallest absolute Gasteiger partial charge is 0.315 e. The summed E-state index contributed by atoms with van der Waals surface area (Å²) in [6.45, 7) is 3.81. The van der Waals surface area contributed by atoms with Gasteiger partial charge in [0.15, 0.2) is 5.79 Å². The van der Waals surface area contributed by atoms with Gasteiger partial charge in [0.1, 0.15) is 18.0 Å². The van der Waals surface area contributed by atoms with E-state index in [0.29, 0.717) is 12.8 Å². The number of hydrogen-bond donors (Lipinski definition) is 3. The summed E-state index contributed by atoms with van der Waals surface area (Å²) >= 11 is 0. The molecule has 2 aliphatic rings. The number of ether oxygens (including phenoxy) is 2. The Morgan fingerprint density at radius 1 is 0.857 bits per heavy atom. The van der Waals surface area contributed by atoms with E-state index in [1.165, 1.54) is 0 Å². The maximum absolute atomic E-state index is 12.6. The maximum Gasteiger partial charge on any atom is 0.315 e. The van der Waals surface area contributed by atoms with E-state index in [1.807, 2.05) is 56.3 Å². The molecule has 4 rings (SSSR count). The Kier molecular flexibility index (Phi) is 5.00. The molecule has 2 amide bonds. The van der Waals surface area contributed by atoms with Gasteiger partial charge in [-0.3, -0.25) is 0 Å². The van der Waals surface area contributed by atoms with Gasteiger partial charge in [0.2, 0.25) is 0 Å². The third-order valence-corrected chi connectivity index (χ3v) is 5.28. The fourth-order valence-corrected chi connectivity index (χ4v) is 4.07. The first-order valence-corrected chi connectivity index (χ1v) is 9.64. The Morgan fingerprint density at radius 2 is 1.36 bits per heavy atom. The molecule has 0 radical (unpaired) electrons. The van der Waals surface area contributed by atoms with Crippen LogP contribution in [-0.4, -0.2) is 41.2 Å². The zero-order valence-electron chi connectivity index (χ0n) is 16.1. The Morgan fingerprint density at radius 3 is 1.89 bits per heavy atom. The van der Waals surface area contributed by atoms with Gasteiger partial charge in [-0.2, -0.15) is 0 Å². The summed E-state index contributed by atoms with van der Waals surface area (Å²) in [6, 6.07) is 16.4. The Balaban J connectivity index is 1.59. The second kappa shape index (κ2) is 7.45. The fraction of sp³-hybridized carbons (Fsp3) is 0.409. The van der Waals surface area contributed by atoms with Crippen LogP contribution in [0.25, 0.3) is 0 Å². The minimum Gasteiger partial charge on any atom is -0.508 e. The van der Waals surface area contributed by atoms with Crippen molar-refractivity contribution in [3.05, 3.63) is 65.7 Å². The minimum absolute atomic E-state index is 0.195. The highest BCUT2D eigenvalue weighted by atomic mass is 16.8. The molecule has 2 fully saturated rings. The van der Waals surface area contributed by atoms with Crippen LogP contribution in [0.15, 0.2) is 54.6 Å². The van der Waals surface area contributed by atoms with E-state index in [2.05, 4.69) is 10.6 Å². The molecule has 2 saturated heterocycles. The van der Waals surface area contributed by atoms with E-state index in [0.717, 1.165) is 11.1 Å². The first kappa shape index (κ1) is 18.8. The number of carbonyl (C=O) groups excluding carboxylic acids is 1. The number of phenolic OH excluding ortho intramolecular Hbond substituents is 1. The molecule has 0 aliphatic carbocycles. The second-order valence-electron chi connectivity index (χ2n) is 7.96. The summed E-state index contributed by atoms with van der Waals surface area (Å²) in [7, 11) is 0. The van der Waals surface area contributed by atoms with Crippen LogP contribution >= 0.6 is 0 Å². The molecule has 0 aromatic heterocycles. The molecule has 0 spiro atoms. The molecule has 3 N–H and O–H groups in total. The summed E-state index contributed by atoms with van der Waals surface area (Å²) in [5.41, 5.74) is 2.15. The van der Waals surface area contributed by atoms with E-state index in [-0.39, 0.29) is 36.1 Å². The molecule has 148 valence electrons. The number of fused-ring (bicyclic) bond motifs is 1. The van der Waals surface area contributed by atoms with Gasteiger partial charge in [-0.05, 0) is 49.9 Å². The summed E-state index contributed by atoms with van der Waals surface area (Å²) < 4.78 is 12.5. The van der Waals surface area contributed by atoms with Gasteiger partial charge in [0, 0.05) is 0 Å². The van der Waals surface area contributed by atoms with Crippen molar-refractivity contribution in [3.8, 4) is 5.75 Å². The number of nitrogens with one attached hydrogen (secondary N) is 2. The minimum atomic E-state index is -0.721. The first-order chi connectivity index (χ1) is 13.4. The summed E-state index contributed by atoms with van der Waals surface area (Å²) in [6.07, 6.45) is 0.709. The molecule has 6 heteroatoms. The molecule has 2 heterocycles. The van der Waals surface area contributed by atoms with Gasteiger partial charge >= 0.3 is 6.03 Å². The van der Waals surface area contributed by atoms with E-state index in [9.17, 15) is 9.90 Å². The normalized spacial score (nSPS) is 28.7. The van der Waals surface area contributed by atoms with Crippen LogP contribution in [0, 0.1) is 0 Å². The van der Waals surface area contributed by atoms with Crippen molar-refractivity contribution in [1.29, 1.82) is 0 Å². The lowest BCUT2D eigenvalue weighted by molar-refractivity contribution is -0.150. The van der Waals surface area contributed by atoms with Gasteiger partial charge in [-0.1, -0.05) is 42.5 Å². The first-order valence-electron chi connectivity index (χ1n) is 9.64. The Bertz CT molecular complexity index is 822. The standard InChI is InChI=1S/C22H26N2O4/c1-22(2)27-19-17(12-14-6-4-3-5-7-14)23-21(26)24-18(20(19)28-22)13-15-8-10-16(25)11-9-15/h3-11,17-20,25H,12-13H2,1-2H3,(H2,23,24,26)/t17-,18-,19+,20+/m1/s1. The van der Waals surface area contributed by atoms with E-state index < -0.39 is 5.79 Å². The average Bonchev–Trinajstić information content (AvgIpc) is 2.93. The number of carbonyl (C=O) groups is 1. The number of aromatic hydroxyl groups is 1. The van der Waals surface area contributed by atoms with Gasteiger partial charge in [-0.15, -0.1) is 0 Å². The van der Waals surface area contributed by atoms with Crippen molar-refractivity contribution in [1.82, 2.24) is 10.6 Å². The number of urea groups is 1. The Labute approximate surface area is 164 Å². The van der Waals surface area contributed by atoms with Gasteiger partial charge < -0.3 is 25.2 Å². The second-order valence-corrected chi connectivity index (χ2v) is 7.96. The number of phenols is 1. The van der Waals surface area contributed by atoms with Crippen LogP contribution in [-0.2, 0) is 22.3 Å². The van der Waals surface area contributed by atoms with Crippen molar-refractivity contribution in [2.24, 2.45) is 0 Å². The fourth-order valence-electron chi connectivity index (χ4n) is 4.07. The lowest BCUT2D eigenvalue weighted by Gasteiger charge is -2.26. The summed E-state index contributed by atoms with van der Waals surface area (Å²) in [5.74, 6) is -0.501. The molecule has 0 unspecified atom stereocenters. The largest absolute Gasteiger partial charge is 0.508 e. The molecule has 2 aliphatic heterocycles. The quantitative estimate of drug-likeness (QED) is 0.760. The Hall–Kier alpha value is -2.57. The van der Waals surface area contributed by atoms with Crippen LogP contribution in [0.4, 0.5) is 4.79 Å². The van der Waals surface area contributed by atoms with Crippen LogP contribution in [0.5, 0.6) is 5.75 Å². The average molecular weight is 382 g/mol. The lowest BCUT2D eigenvalue weighted by atomic mass is 9.92. The maximum atomic E-state index is 12.6. The van der Waals surface area contributed by atoms with E-state index in [1.54, 1.807) is 12.1 Å². The molecule has 2 aromatic rings. The number of amides is 2. The van der Waals surface area contributed by atoms with Crippen LogP contribution in [0.2, 0.25) is 0 Å². The summed E-state index contributed by atoms with van der Waals surface area (Å²) in [4.78, 5) is 12.6. The summed E-state index contributed by atoms with van der Waals surface area (Å²) in [5, 5.41) is 15.6. The molecule has 6 nitrogen and oxygen atoms in total. The molecule has 4 atom stereocenters. The molecule has 28 heavy (non-hydrogen) atoms. The van der Waals surface area contributed by atoms with Gasteiger partial charge in [-0.25, -0.2) is 4.79 Å². The topological polar surface area (TPSA) is 79.8 Å². The zero-order valence-corrected chi connectivity index (χ0v) is 16.1. The monoisotopic (exact) mass is 382 g/mol. The highest BCUT2D eigenvalue weighted by molar-refractivity contribution is 5.75. The molecule has 0 bridgehead atoms. The SMILES string of the molecule is CC1(C)O[C@@H]2[C@@H](O1)[C@@H](Cc1ccc(O)cc1)NC(=O)N[C@@H]2Cc1ccccc1. The van der Waals surface area contributed by atoms with Crippen LogP contribution in [0.1, 0.15) is 25.0 Å². The molecule has 0 saturated carbocycles. The molecular weight excluding hydrogens is 356 g/mol. The lowest BCUT2D eigenvalue weighted by Crippen LogP contribution is -2.47. The number of benzene rings is 2. The van der Waals surface area contributed by atoms with E-state index >= 15 is 0 Å². The van der Waals surface area contributed by atoms with Crippen molar-refractivity contribution in [2.75, 3.05) is 0 Å². The van der Waals surface area contributed by atoms with Crippen molar-refractivity contribution in [2.45, 2.75) is 56.8 Å². The van der Waals surface area contributed by atoms with Crippen molar-refractivity contribution >= 4 is 6.03 Å². The van der Waals surface area contributed by atoms with Crippen LogP contribution < -0.4 is 10.6 Å². The molecular formula is C22H26N2O4. The zero-order chi connectivity index (χ0) is 19.7. The van der Waals surface area contributed by atoms with E-state index in [4.69, 9.17) is 9.47 Å². The number of rotatable bonds is 4. The van der Waals surface area contributed by atoms with Gasteiger partial charge in [0.25, 0.3) is 0 Å². The molecule has 2 aromatic carbocycles. The third kappa shape index (κ3) is 4.13.